The first-order chi connectivity index (χ1) is 19.2. The highest BCUT2D eigenvalue weighted by Crippen LogP contribution is 2.19. The summed E-state index contributed by atoms with van der Waals surface area (Å²) in [7, 11) is 0. The number of hydrogen-bond donors (Lipinski definition) is 3. The van der Waals surface area contributed by atoms with Crippen molar-refractivity contribution in [3.63, 3.8) is 0 Å². The van der Waals surface area contributed by atoms with Crippen LogP contribution in [0.5, 0.6) is 17.2 Å². The summed E-state index contributed by atoms with van der Waals surface area (Å²) in [6.45, 7) is 11.6. The molecule has 0 heterocycles. The lowest BCUT2D eigenvalue weighted by Crippen LogP contribution is -2.26. The number of hydrogen-bond acceptors (Lipinski definition) is 7. The topological polar surface area (TPSA) is 113 Å². The van der Waals surface area contributed by atoms with Gasteiger partial charge in [-0.1, -0.05) is 93.9 Å². The van der Waals surface area contributed by atoms with Gasteiger partial charge in [0.05, 0.1) is 13.2 Å². The van der Waals surface area contributed by atoms with Crippen LogP contribution < -0.4 is 9.47 Å². The molecule has 0 aliphatic rings. The molecular formula is C33H43BrO7. The predicted octanol–water partition coefficient (Wildman–Crippen LogP) is 6.63. The minimum atomic E-state index is -0.370. The number of carbonyl (C=O) groups is 2. The molecule has 0 fully saturated rings. The fourth-order valence-electron chi connectivity index (χ4n) is 2.70. The van der Waals surface area contributed by atoms with Gasteiger partial charge in [-0.05, 0) is 53.1 Å². The molecule has 224 valence electrons. The quantitative estimate of drug-likeness (QED) is 0.227. The Morgan fingerprint density at radius 3 is 1.22 bits per heavy atom. The normalized spacial score (nSPS) is 10.9. The second-order valence-electron chi connectivity index (χ2n) is 11.3. The van der Waals surface area contributed by atoms with Crippen molar-refractivity contribution in [3.05, 3.63) is 89.5 Å². The van der Waals surface area contributed by atoms with Gasteiger partial charge in [0.15, 0.2) is 11.6 Å². The van der Waals surface area contributed by atoms with E-state index in [4.69, 9.17) is 24.8 Å². The van der Waals surface area contributed by atoms with Crippen LogP contribution in [-0.2, 0) is 28.1 Å². The van der Waals surface area contributed by atoms with Crippen molar-refractivity contribution in [2.24, 2.45) is 10.8 Å². The van der Waals surface area contributed by atoms with Crippen LogP contribution in [0.15, 0.2) is 72.8 Å². The highest BCUT2D eigenvalue weighted by molar-refractivity contribution is 9.08. The lowest BCUT2D eigenvalue weighted by Gasteiger charge is -2.16. The zero-order valence-corrected chi connectivity index (χ0v) is 26.4. The summed E-state index contributed by atoms with van der Waals surface area (Å²) >= 11 is 3.38. The number of Topliss-reactive ketones (excluding diaryl/α,β-unsaturated/α-hetero) is 2. The molecule has 0 saturated heterocycles. The largest absolute Gasteiger partial charge is 0.508 e. The first-order valence-electron chi connectivity index (χ1n) is 13.2. The van der Waals surface area contributed by atoms with Crippen LogP contribution in [0, 0.1) is 10.8 Å². The van der Waals surface area contributed by atoms with Crippen LogP contribution in [0.3, 0.4) is 0 Å². The van der Waals surface area contributed by atoms with Gasteiger partial charge in [-0.3, -0.25) is 9.59 Å². The molecule has 3 aromatic rings. The smallest absolute Gasteiger partial charge is 0.175 e. The molecule has 0 spiro atoms. The maximum Gasteiger partial charge on any atom is 0.175 e. The minimum absolute atomic E-state index is 0.0151. The van der Waals surface area contributed by atoms with Gasteiger partial charge in [0.2, 0.25) is 0 Å². The molecule has 0 aliphatic heterocycles. The number of ketones is 2. The first-order valence-corrected chi connectivity index (χ1v) is 14.4. The van der Waals surface area contributed by atoms with E-state index < -0.39 is 0 Å². The number of aliphatic hydroxyl groups is 2. The zero-order chi connectivity index (χ0) is 31.1. The number of rotatable bonds is 9. The van der Waals surface area contributed by atoms with Gasteiger partial charge >= 0.3 is 0 Å². The van der Waals surface area contributed by atoms with Crippen LogP contribution in [0.2, 0.25) is 0 Å². The standard InChI is InChI=1S/C13H17BrO2.C13H18O3.C7H8O2/c2*1-13(2,3)12(15)9-16-11-6-4-10(8-14)5-7-11;8-5-6-1-3-7(9)4-2-6/h4-7H,8-9H2,1-3H3;4-7,14H,8-9H2,1-3H3;1-4,8-9H,5H2. The van der Waals surface area contributed by atoms with E-state index in [1.807, 2.05) is 65.8 Å². The lowest BCUT2D eigenvalue weighted by molar-refractivity contribution is -0.128. The van der Waals surface area contributed by atoms with Crippen molar-refractivity contribution in [1.29, 1.82) is 0 Å². The van der Waals surface area contributed by atoms with E-state index in [2.05, 4.69) is 15.9 Å². The Labute approximate surface area is 252 Å². The number of phenolic OH excluding ortho intramolecular Hbond substituents is 1. The van der Waals surface area contributed by atoms with Crippen molar-refractivity contribution >= 4 is 27.5 Å². The summed E-state index contributed by atoms with van der Waals surface area (Å²) in [6, 6.07) is 21.2. The Hall–Kier alpha value is -3.20. The fourth-order valence-corrected chi connectivity index (χ4v) is 3.07. The van der Waals surface area contributed by atoms with Crippen LogP contribution in [0.4, 0.5) is 0 Å². The van der Waals surface area contributed by atoms with Gasteiger partial charge in [0.1, 0.15) is 30.5 Å². The molecule has 0 radical (unpaired) electrons. The van der Waals surface area contributed by atoms with Crippen molar-refractivity contribution in [2.75, 3.05) is 13.2 Å². The van der Waals surface area contributed by atoms with Crippen LogP contribution in [0.25, 0.3) is 0 Å². The van der Waals surface area contributed by atoms with E-state index in [0.717, 1.165) is 22.2 Å². The van der Waals surface area contributed by atoms with E-state index in [-0.39, 0.29) is 54.6 Å². The summed E-state index contributed by atoms with van der Waals surface area (Å²) in [4.78, 5) is 23.2. The number of ether oxygens (including phenoxy) is 2. The molecular weight excluding hydrogens is 588 g/mol. The van der Waals surface area contributed by atoms with Crippen LogP contribution in [0.1, 0.15) is 58.2 Å². The SMILES string of the molecule is CC(C)(C)C(=O)COc1ccc(CBr)cc1.CC(C)(C)C(=O)COc1ccc(CO)cc1.OCc1ccc(O)cc1. The van der Waals surface area contributed by atoms with Gasteiger partial charge in [0.25, 0.3) is 0 Å². The molecule has 0 unspecified atom stereocenters. The maximum absolute atomic E-state index is 11.6. The molecule has 0 aliphatic carbocycles. The van der Waals surface area contributed by atoms with E-state index in [1.54, 1.807) is 48.5 Å². The average molecular weight is 632 g/mol. The lowest BCUT2D eigenvalue weighted by atomic mass is 9.91. The van der Waals surface area contributed by atoms with Gasteiger partial charge in [0, 0.05) is 16.2 Å². The number of halogens is 1. The molecule has 3 rings (SSSR count). The van der Waals surface area contributed by atoms with E-state index >= 15 is 0 Å². The van der Waals surface area contributed by atoms with Gasteiger partial charge < -0.3 is 24.8 Å². The molecule has 0 amide bonds. The first kappa shape index (κ1) is 35.8. The van der Waals surface area contributed by atoms with E-state index in [1.165, 1.54) is 5.56 Å². The third-order valence-electron chi connectivity index (χ3n) is 5.72. The van der Waals surface area contributed by atoms with Crippen molar-refractivity contribution in [3.8, 4) is 17.2 Å². The highest BCUT2D eigenvalue weighted by Gasteiger charge is 2.22. The van der Waals surface area contributed by atoms with Crippen molar-refractivity contribution < 1.29 is 34.4 Å². The average Bonchev–Trinajstić information content (AvgIpc) is 2.95. The number of alkyl halides is 1. The number of aromatic hydroxyl groups is 1. The highest BCUT2D eigenvalue weighted by atomic mass is 79.9. The number of aliphatic hydroxyl groups excluding tert-OH is 2. The minimum Gasteiger partial charge on any atom is -0.508 e. The van der Waals surface area contributed by atoms with Gasteiger partial charge in [-0.25, -0.2) is 0 Å². The third-order valence-corrected chi connectivity index (χ3v) is 6.36. The Balaban J connectivity index is 0.000000320. The molecule has 8 heteroatoms. The summed E-state index contributed by atoms with van der Waals surface area (Å²) in [5, 5.41) is 27.0. The second-order valence-corrected chi connectivity index (χ2v) is 11.9. The fraction of sp³-hybridized carbons (Fsp3) is 0.394. The van der Waals surface area contributed by atoms with Gasteiger partial charge in [-0.2, -0.15) is 0 Å². The molecule has 0 atom stereocenters. The summed E-state index contributed by atoms with van der Waals surface area (Å²) in [6.07, 6.45) is 0. The molecule has 0 saturated carbocycles. The second kappa shape index (κ2) is 17.6. The summed E-state index contributed by atoms with van der Waals surface area (Å²) in [5.74, 6) is 1.79. The molecule has 7 nitrogen and oxygen atoms in total. The third kappa shape index (κ3) is 14.8. The Kier molecular flexibility index (Phi) is 15.4. The monoisotopic (exact) mass is 630 g/mol. The summed E-state index contributed by atoms with van der Waals surface area (Å²) in [5.41, 5.74) is 2.12. The van der Waals surface area contributed by atoms with E-state index in [9.17, 15) is 9.59 Å². The van der Waals surface area contributed by atoms with Crippen molar-refractivity contribution in [1.82, 2.24) is 0 Å². The number of benzene rings is 3. The summed E-state index contributed by atoms with van der Waals surface area (Å²) < 4.78 is 10.8. The van der Waals surface area contributed by atoms with Crippen LogP contribution in [-0.4, -0.2) is 40.1 Å². The maximum atomic E-state index is 11.6. The Morgan fingerprint density at radius 2 is 0.927 bits per heavy atom. The van der Waals surface area contributed by atoms with Crippen LogP contribution >= 0.6 is 15.9 Å². The number of carbonyl (C=O) groups excluding carboxylic acids is 2. The number of phenols is 1. The predicted molar refractivity (Wildman–Crippen MR) is 165 cm³/mol. The zero-order valence-electron chi connectivity index (χ0n) is 24.8. The molecule has 0 aromatic heterocycles. The van der Waals surface area contributed by atoms with Gasteiger partial charge in [-0.15, -0.1) is 0 Å². The molecule has 3 N–H and O–H groups in total. The van der Waals surface area contributed by atoms with Crippen molar-refractivity contribution in [2.45, 2.75) is 60.1 Å². The molecule has 0 bridgehead atoms. The molecule has 41 heavy (non-hydrogen) atoms. The van der Waals surface area contributed by atoms with E-state index in [0.29, 0.717) is 5.75 Å². The Bertz CT molecular complexity index is 1100. The Morgan fingerprint density at radius 1 is 0.610 bits per heavy atom. The molecule has 3 aromatic carbocycles.